The first-order valence-electron chi connectivity index (χ1n) is 7.17. The van der Waals surface area contributed by atoms with Gasteiger partial charge in [-0.25, -0.2) is 13.4 Å². The minimum Gasteiger partial charge on any atom is -0.508 e. The van der Waals surface area contributed by atoms with E-state index in [1.54, 1.807) is 30.3 Å². The molecule has 1 N–H and O–H groups in total. The van der Waals surface area contributed by atoms with E-state index in [4.69, 9.17) is 0 Å². The fourth-order valence-electron chi connectivity index (χ4n) is 2.56. The molecule has 4 nitrogen and oxygen atoms in total. The van der Waals surface area contributed by atoms with Crippen LogP contribution in [0.5, 0.6) is 5.75 Å². The van der Waals surface area contributed by atoms with Crippen molar-refractivity contribution < 1.29 is 13.5 Å². The summed E-state index contributed by atoms with van der Waals surface area (Å²) in [6, 6.07) is 12.2. The summed E-state index contributed by atoms with van der Waals surface area (Å²) in [6.07, 6.45) is 1.19. The molecular formula is C18H17NO3S. The lowest BCUT2D eigenvalue weighted by Crippen LogP contribution is -1.96. The van der Waals surface area contributed by atoms with E-state index in [0.29, 0.717) is 0 Å². The third-order valence-corrected chi connectivity index (χ3v) is 5.04. The molecule has 0 saturated heterocycles. The van der Waals surface area contributed by atoms with E-state index < -0.39 is 9.84 Å². The van der Waals surface area contributed by atoms with Crippen LogP contribution in [-0.4, -0.2) is 24.8 Å². The molecule has 2 aromatic carbocycles. The van der Waals surface area contributed by atoms with Gasteiger partial charge in [-0.2, -0.15) is 0 Å². The van der Waals surface area contributed by atoms with Crippen LogP contribution in [0.3, 0.4) is 0 Å². The van der Waals surface area contributed by atoms with Crippen molar-refractivity contribution in [3.8, 4) is 17.0 Å². The summed E-state index contributed by atoms with van der Waals surface area (Å²) >= 11 is 0. The molecule has 3 aromatic rings. The predicted octanol–water partition coefficient (Wildman–Crippen LogP) is 3.63. The molecule has 0 aliphatic carbocycles. The minimum atomic E-state index is -3.21. The molecule has 5 heteroatoms. The Bertz CT molecular complexity index is 1010. The van der Waals surface area contributed by atoms with Gasteiger partial charge < -0.3 is 5.11 Å². The predicted molar refractivity (Wildman–Crippen MR) is 91.4 cm³/mol. The van der Waals surface area contributed by atoms with Crippen molar-refractivity contribution in [2.75, 3.05) is 6.26 Å². The minimum absolute atomic E-state index is 0.217. The van der Waals surface area contributed by atoms with Gasteiger partial charge in [-0.05, 0) is 49.2 Å². The summed E-state index contributed by atoms with van der Waals surface area (Å²) in [5.74, 6) is 0.217. The molecule has 1 heterocycles. The smallest absolute Gasteiger partial charge is 0.175 e. The zero-order chi connectivity index (χ0) is 16.8. The average molecular weight is 327 g/mol. The number of phenolic OH excluding ortho intramolecular Hbond substituents is 1. The number of fused-ring (bicyclic) bond motifs is 1. The highest BCUT2D eigenvalue weighted by Crippen LogP contribution is 2.29. The topological polar surface area (TPSA) is 67.3 Å². The molecular weight excluding hydrogens is 310 g/mol. The van der Waals surface area contributed by atoms with Crippen molar-refractivity contribution in [3.63, 3.8) is 0 Å². The van der Waals surface area contributed by atoms with E-state index in [1.165, 1.54) is 6.26 Å². The largest absolute Gasteiger partial charge is 0.508 e. The number of aromatic nitrogens is 1. The van der Waals surface area contributed by atoms with E-state index in [1.807, 2.05) is 26.0 Å². The zero-order valence-electron chi connectivity index (χ0n) is 13.2. The Morgan fingerprint density at radius 3 is 2.22 bits per heavy atom. The lowest BCUT2D eigenvalue weighted by atomic mass is 10.0. The van der Waals surface area contributed by atoms with Crippen LogP contribution in [0.15, 0.2) is 47.4 Å². The van der Waals surface area contributed by atoms with Gasteiger partial charge in [0, 0.05) is 23.3 Å². The highest BCUT2D eigenvalue weighted by atomic mass is 32.2. The second-order valence-corrected chi connectivity index (χ2v) is 7.79. The van der Waals surface area contributed by atoms with Crippen molar-refractivity contribution in [2.45, 2.75) is 18.7 Å². The van der Waals surface area contributed by atoms with E-state index in [0.717, 1.165) is 33.3 Å². The molecule has 23 heavy (non-hydrogen) atoms. The van der Waals surface area contributed by atoms with Crippen molar-refractivity contribution in [2.24, 2.45) is 0 Å². The SMILES string of the molecule is Cc1cc2c(C)cc(-c3ccc(S(C)(=O)=O)cc3)nc2cc1O. The average Bonchev–Trinajstić information content (AvgIpc) is 2.48. The maximum Gasteiger partial charge on any atom is 0.175 e. The number of hydrogen-bond donors (Lipinski definition) is 1. The second kappa shape index (κ2) is 5.35. The summed E-state index contributed by atoms with van der Waals surface area (Å²) in [5.41, 5.74) is 4.17. The number of rotatable bonds is 2. The van der Waals surface area contributed by atoms with Crippen LogP contribution in [0.25, 0.3) is 22.2 Å². The highest BCUT2D eigenvalue weighted by molar-refractivity contribution is 7.90. The summed E-state index contributed by atoms with van der Waals surface area (Å²) < 4.78 is 23.1. The number of aromatic hydroxyl groups is 1. The quantitative estimate of drug-likeness (QED) is 0.780. The Morgan fingerprint density at radius 2 is 1.61 bits per heavy atom. The molecule has 3 rings (SSSR count). The molecule has 0 spiro atoms. The fraction of sp³-hybridized carbons (Fsp3) is 0.167. The van der Waals surface area contributed by atoms with E-state index in [2.05, 4.69) is 4.98 Å². The van der Waals surface area contributed by atoms with Gasteiger partial charge in [-0.1, -0.05) is 12.1 Å². The molecule has 1 aromatic heterocycles. The van der Waals surface area contributed by atoms with Gasteiger partial charge in [-0.3, -0.25) is 0 Å². The van der Waals surface area contributed by atoms with Gasteiger partial charge in [0.25, 0.3) is 0 Å². The monoisotopic (exact) mass is 327 g/mol. The van der Waals surface area contributed by atoms with Crippen LogP contribution >= 0.6 is 0 Å². The number of nitrogens with zero attached hydrogens (tertiary/aromatic N) is 1. The standard InChI is InChI=1S/C18H17NO3S/c1-11-9-16(13-4-6-14(7-5-13)23(3,21)22)19-17-10-18(20)12(2)8-15(11)17/h4-10,20H,1-3H3. The third-order valence-electron chi connectivity index (χ3n) is 3.91. The molecule has 0 unspecified atom stereocenters. The van der Waals surface area contributed by atoms with Crippen molar-refractivity contribution in [3.05, 3.63) is 53.6 Å². The molecule has 0 atom stereocenters. The Balaban J connectivity index is 2.15. The molecule has 0 saturated carbocycles. The van der Waals surface area contributed by atoms with Crippen LogP contribution in [0.4, 0.5) is 0 Å². The number of benzene rings is 2. The number of pyridine rings is 1. The van der Waals surface area contributed by atoms with Crippen LogP contribution in [0, 0.1) is 13.8 Å². The van der Waals surface area contributed by atoms with Crippen molar-refractivity contribution in [1.29, 1.82) is 0 Å². The lowest BCUT2D eigenvalue weighted by Gasteiger charge is -2.09. The van der Waals surface area contributed by atoms with E-state index in [-0.39, 0.29) is 10.6 Å². The van der Waals surface area contributed by atoms with Crippen LogP contribution < -0.4 is 0 Å². The second-order valence-electron chi connectivity index (χ2n) is 5.78. The fourth-order valence-corrected chi connectivity index (χ4v) is 3.19. The van der Waals surface area contributed by atoms with Gasteiger partial charge in [0.2, 0.25) is 0 Å². The normalized spacial score (nSPS) is 11.8. The Morgan fingerprint density at radius 1 is 0.957 bits per heavy atom. The molecule has 0 fully saturated rings. The summed E-state index contributed by atoms with van der Waals surface area (Å²) in [6.45, 7) is 3.85. The molecule has 0 aliphatic rings. The van der Waals surface area contributed by atoms with Crippen LogP contribution in [0.2, 0.25) is 0 Å². The maximum absolute atomic E-state index is 11.5. The Labute approximate surface area is 135 Å². The summed E-state index contributed by atoms with van der Waals surface area (Å²) in [5, 5.41) is 10.9. The van der Waals surface area contributed by atoms with Crippen LogP contribution in [0.1, 0.15) is 11.1 Å². The van der Waals surface area contributed by atoms with Crippen molar-refractivity contribution in [1.82, 2.24) is 4.98 Å². The molecule has 118 valence electrons. The number of sulfone groups is 1. The number of phenols is 1. The van der Waals surface area contributed by atoms with Gasteiger partial charge in [0.1, 0.15) is 5.75 Å². The Kier molecular flexibility index (Phi) is 3.60. The van der Waals surface area contributed by atoms with Gasteiger partial charge >= 0.3 is 0 Å². The third kappa shape index (κ3) is 2.92. The number of aryl methyl sites for hydroxylation is 2. The summed E-state index contributed by atoms with van der Waals surface area (Å²) in [4.78, 5) is 4.87. The van der Waals surface area contributed by atoms with E-state index >= 15 is 0 Å². The van der Waals surface area contributed by atoms with Gasteiger partial charge in [-0.15, -0.1) is 0 Å². The molecule has 0 radical (unpaired) electrons. The first kappa shape index (κ1) is 15.5. The first-order chi connectivity index (χ1) is 10.8. The molecule has 0 aliphatic heterocycles. The number of hydrogen-bond acceptors (Lipinski definition) is 4. The lowest BCUT2D eigenvalue weighted by molar-refractivity contribution is 0.472. The highest BCUT2D eigenvalue weighted by Gasteiger charge is 2.10. The molecule has 0 amide bonds. The van der Waals surface area contributed by atoms with Gasteiger partial charge in [0.05, 0.1) is 16.1 Å². The molecule has 0 bridgehead atoms. The van der Waals surface area contributed by atoms with E-state index in [9.17, 15) is 13.5 Å². The zero-order valence-corrected chi connectivity index (χ0v) is 14.0. The first-order valence-corrected chi connectivity index (χ1v) is 9.06. The van der Waals surface area contributed by atoms with Crippen LogP contribution in [-0.2, 0) is 9.84 Å². The van der Waals surface area contributed by atoms with Gasteiger partial charge in [0.15, 0.2) is 9.84 Å². The van der Waals surface area contributed by atoms with Crippen molar-refractivity contribution >= 4 is 20.7 Å². The maximum atomic E-state index is 11.5. The summed E-state index contributed by atoms with van der Waals surface area (Å²) in [7, 11) is -3.21. The Hall–Kier alpha value is -2.40.